The second kappa shape index (κ2) is 6.64. The summed E-state index contributed by atoms with van der Waals surface area (Å²) in [5.41, 5.74) is -0.242. The van der Waals surface area contributed by atoms with Crippen LogP contribution in [0.4, 0.5) is 15.8 Å². The largest absolute Gasteiger partial charge is 0.322 e. The summed E-state index contributed by atoms with van der Waals surface area (Å²) in [6.07, 6.45) is 1.25. The lowest BCUT2D eigenvalue weighted by molar-refractivity contribution is -0.384. The molecule has 0 saturated heterocycles. The van der Waals surface area contributed by atoms with Crippen molar-refractivity contribution >= 4 is 38.8 Å². The molecule has 3 rings (SSSR count). The first-order valence-corrected chi connectivity index (χ1v) is 8.28. The Labute approximate surface area is 150 Å². The Morgan fingerprint density at radius 3 is 2.85 bits per heavy atom. The number of rotatable bonds is 4. The molecule has 8 nitrogen and oxygen atoms in total. The highest BCUT2D eigenvalue weighted by Gasteiger charge is 2.16. The molecule has 0 aliphatic carbocycles. The number of anilines is 1. The number of carbonyl (C=O) groups is 1. The molecule has 10 heteroatoms. The van der Waals surface area contributed by atoms with Crippen LogP contribution in [-0.4, -0.2) is 20.4 Å². The Hall–Kier alpha value is -3.14. The van der Waals surface area contributed by atoms with Gasteiger partial charge in [-0.15, -0.1) is 11.3 Å². The molecule has 0 unspecified atom stereocenters. The standard InChI is InChI=1S/C16H13FN4O4S/c1-8-9(2)26-15-14(8)16(23)20(7-18-15)6-13(22)19-12-5-10(21(24)25)3-4-11(12)17/h3-5,7H,6H2,1-2H3,(H,19,22). The second-order valence-corrected chi connectivity index (χ2v) is 6.81. The first-order chi connectivity index (χ1) is 12.3. The zero-order valence-electron chi connectivity index (χ0n) is 13.8. The second-order valence-electron chi connectivity index (χ2n) is 5.61. The van der Waals surface area contributed by atoms with Gasteiger partial charge < -0.3 is 5.32 Å². The van der Waals surface area contributed by atoms with Crippen LogP contribution in [0.5, 0.6) is 0 Å². The third-order valence-electron chi connectivity index (χ3n) is 3.90. The van der Waals surface area contributed by atoms with Gasteiger partial charge in [0.2, 0.25) is 5.91 Å². The lowest BCUT2D eigenvalue weighted by Crippen LogP contribution is -2.28. The molecule has 0 bridgehead atoms. The summed E-state index contributed by atoms with van der Waals surface area (Å²) in [6.45, 7) is 3.29. The van der Waals surface area contributed by atoms with Gasteiger partial charge in [-0.3, -0.25) is 24.3 Å². The summed E-state index contributed by atoms with van der Waals surface area (Å²) in [7, 11) is 0. The lowest BCUT2D eigenvalue weighted by atomic mass is 10.2. The number of benzene rings is 1. The van der Waals surface area contributed by atoms with Crippen molar-refractivity contribution in [1.82, 2.24) is 9.55 Å². The molecular formula is C16H13FN4O4S. The summed E-state index contributed by atoms with van der Waals surface area (Å²) >= 11 is 1.39. The molecule has 0 saturated carbocycles. The number of aromatic nitrogens is 2. The molecule has 0 fully saturated rings. The van der Waals surface area contributed by atoms with Gasteiger partial charge in [-0.2, -0.15) is 0 Å². The maximum atomic E-state index is 13.8. The van der Waals surface area contributed by atoms with E-state index < -0.39 is 23.2 Å². The van der Waals surface area contributed by atoms with E-state index in [-0.39, 0.29) is 16.9 Å². The SMILES string of the molecule is Cc1sc2ncn(CC(=O)Nc3cc([N+](=O)[O-])ccc3F)c(=O)c2c1C. The van der Waals surface area contributed by atoms with Crippen LogP contribution in [0.3, 0.4) is 0 Å². The van der Waals surface area contributed by atoms with Crippen LogP contribution >= 0.6 is 11.3 Å². The van der Waals surface area contributed by atoms with Crippen LogP contribution in [0.1, 0.15) is 10.4 Å². The number of nitro groups is 1. The number of hydrogen-bond acceptors (Lipinski definition) is 6. The molecule has 0 atom stereocenters. The first kappa shape index (κ1) is 17.7. The fraction of sp³-hybridized carbons (Fsp3) is 0.188. The third-order valence-corrected chi connectivity index (χ3v) is 5.02. The molecule has 0 aliphatic rings. The van der Waals surface area contributed by atoms with E-state index in [1.165, 1.54) is 17.7 Å². The van der Waals surface area contributed by atoms with E-state index in [1.807, 2.05) is 6.92 Å². The summed E-state index contributed by atoms with van der Waals surface area (Å²) in [5, 5.41) is 13.5. The molecule has 0 radical (unpaired) electrons. The van der Waals surface area contributed by atoms with Gasteiger partial charge in [0.25, 0.3) is 11.2 Å². The predicted molar refractivity (Wildman–Crippen MR) is 95.0 cm³/mol. The maximum Gasteiger partial charge on any atom is 0.271 e. The summed E-state index contributed by atoms with van der Waals surface area (Å²) in [6, 6.07) is 2.81. The van der Waals surface area contributed by atoms with Crippen molar-refractivity contribution in [2.75, 3.05) is 5.32 Å². The molecule has 0 aliphatic heterocycles. The van der Waals surface area contributed by atoms with Gasteiger partial charge in [0.15, 0.2) is 0 Å². The molecule has 2 aromatic heterocycles. The van der Waals surface area contributed by atoms with Crippen molar-refractivity contribution in [2.45, 2.75) is 20.4 Å². The minimum atomic E-state index is -0.811. The van der Waals surface area contributed by atoms with Crippen molar-refractivity contribution in [3.63, 3.8) is 0 Å². The Balaban J connectivity index is 1.87. The molecule has 26 heavy (non-hydrogen) atoms. The first-order valence-electron chi connectivity index (χ1n) is 7.47. The normalized spacial score (nSPS) is 10.9. The molecule has 1 aromatic carbocycles. The summed E-state index contributed by atoms with van der Waals surface area (Å²) < 4.78 is 14.9. The van der Waals surface area contributed by atoms with Crippen molar-refractivity contribution < 1.29 is 14.1 Å². The Morgan fingerprint density at radius 2 is 2.15 bits per heavy atom. The number of nitrogens with zero attached hydrogens (tertiary/aromatic N) is 3. The van der Waals surface area contributed by atoms with Crippen LogP contribution in [0, 0.1) is 29.8 Å². The quantitative estimate of drug-likeness (QED) is 0.556. The summed E-state index contributed by atoms with van der Waals surface area (Å²) in [4.78, 5) is 40.5. The average Bonchev–Trinajstić information content (AvgIpc) is 2.87. The molecule has 2 heterocycles. The van der Waals surface area contributed by atoms with Gasteiger partial charge in [-0.1, -0.05) is 0 Å². The number of nitro benzene ring substituents is 1. The lowest BCUT2D eigenvalue weighted by Gasteiger charge is -2.08. The fourth-order valence-corrected chi connectivity index (χ4v) is 3.44. The fourth-order valence-electron chi connectivity index (χ4n) is 2.45. The summed E-state index contributed by atoms with van der Waals surface area (Å²) in [5.74, 6) is -1.51. The van der Waals surface area contributed by atoms with E-state index >= 15 is 0 Å². The van der Waals surface area contributed by atoms with E-state index in [9.17, 15) is 24.1 Å². The number of non-ortho nitro benzene ring substituents is 1. The van der Waals surface area contributed by atoms with Gasteiger partial charge in [-0.25, -0.2) is 9.37 Å². The van der Waals surface area contributed by atoms with Crippen LogP contribution in [0.25, 0.3) is 10.2 Å². The van der Waals surface area contributed by atoms with Gasteiger partial charge >= 0.3 is 0 Å². The molecule has 134 valence electrons. The highest BCUT2D eigenvalue weighted by Crippen LogP contribution is 2.25. The van der Waals surface area contributed by atoms with E-state index in [0.717, 1.165) is 33.2 Å². The van der Waals surface area contributed by atoms with Crippen molar-refractivity contribution in [3.05, 3.63) is 61.3 Å². The van der Waals surface area contributed by atoms with Crippen LogP contribution < -0.4 is 10.9 Å². The highest BCUT2D eigenvalue weighted by atomic mass is 32.1. The molecular weight excluding hydrogens is 363 g/mol. The molecule has 1 amide bonds. The number of thiophene rings is 1. The minimum Gasteiger partial charge on any atom is -0.322 e. The minimum absolute atomic E-state index is 0.325. The highest BCUT2D eigenvalue weighted by molar-refractivity contribution is 7.18. The van der Waals surface area contributed by atoms with Crippen LogP contribution in [0.15, 0.2) is 29.3 Å². The topological polar surface area (TPSA) is 107 Å². The number of halogens is 1. The van der Waals surface area contributed by atoms with Crippen LogP contribution in [-0.2, 0) is 11.3 Å². The average molecular weight is 376 g/mol. The van der Waals surface area contributed by atoms with E-state index in [0.29, 0.717) is 10.2 Å². The van der Waals surface area contributed by atoms with E-state index in [2.05, 4.69) is 10.3 Å². The predicted octanol–water partition coefficient (Wildman–Crippen LogP) is 2.76. The zero-order valence-corrected chi connectivity index (χ0v) is 14.6. The van der Waals surface area contributed by atoms with Crippen molar-refractivity contribution in [1.29, 1.82) is 0 Å². The Morgan fingerprint density at radius 1 is 1.42 bits per heavy atom. The van der Waals surface area contributed by atoms with Gasteiger partial charge in [-0.05, 0) is 25.5 Å². The third kappa shape index (κ3) is 3.18. The van der Waals surface area contributed by atoms with Crippen molar-refractivity contribution in [3.8, 4) is 0 Å². The van der Waals surface area contributed by atoms with Gasteiger partial charge in [0, 0.05) is 17.0 Å². The van der Waals surface area contributed by atoms with Crippen molar-refractivity contribution in [2.24, 2.45) is 0 Å². The number of hydrogen-bond donors (Lipinski definition) is 1. The Bertz CT molecular complexity index is 1110. The number of aryl methyl sites for hydroxylation is 2. The number of amides is 1. The smallest absolute Gasteiger partial charge is 0.271 e. The molecule has 3 aromatic rings. The molecule has 1 N–H and O–H groups in total. The van der Waals surface area contributed by atoms with Crippen LogP contribution in [0.2, 0.25) is 0 Å². The van der Waals surface area contributed by atoms with Gasteiger partial charge in [0.05, 0.1) is 22.3 Å². The zero-order chi connectivity index (χ0) is 19.0. The monoisotopic (exact) mass is 376 g/mol. The number of nitrogens with one attached hydrogen (secondary N) is 1. The van der Waals surface area contributed by atoms with Gasteiger partial charge in [0.1, 0.15) is 17.2 Å². The van der Waals surface area contributed by atoms with E-state index in [1.54, 1.807) is 6.92 Å². The van der Waals surface area contributed by atoms with E-state index in [4.69, 9.17) is 0 Å². The number of carbonyl (C=O) groups excluding carboxylic acids is 1. The maximum absolute atomic E-state index is 13.8. The Kier molecular flexibility index (Phi) is 4.51. The number of fused-ring (bicyclic) bond motifs is 1. The molecule has 0 spiro atoms.